The molecule has 278 valence electrons. The molecule has 2 N–H and O–H groups in total. The van der Waals surface area contributed by atoms with Gasteiger partial charge in [-0.25, -0.2) is 4.79 Å². The van der Waals surface area contributed by atoms with Crippen LogP contribution in [-0.4, -0.2) is 48.1 Å². The van der Waals surface area contributed by atoms with Gasteiger partial charge in [0, 0.05) is 25.6 Å². The van der Waals surface area contributed by atoms with E-state index in [1.807, 2.05) is 4.90 Å². The standard InChI is InChI=1S/C10H17NO.C10H14.C7H15N.C7H6O2.2C4H10.C2H2/c12-10(8-9-4-3-5-9)11-6-1-2-7-11;1-3-4-10-7-5-9(2)6-8-10;1-8-7-5-3-2-4-6-7;8-7(9)6-4-2-1-3-5-6;2*1-3-4-2;1-2/h9H,1-8H2;5-8H,3-4H2,1-2H3;7-8H,2-6H2,1H3;1-5H,(H,8,9);2*3-4H2,1-2H3;1-2H. The molecular formula is C44H74N2O3. The third-order valence-corrected chi connectivity index (χ3v) is 8.84. The fourth-order valence-corrected chi connectivity index (χ4v) is 5.05. The molecule has 2 aromatic rings. The number of carboxylic acid groups (broad SMARTS) is 1. The number of rotatable bonds is 8. The summed E-state index contributed by atoms with van der Waals surface area (Å²) in [5.74, 6) is 0.269. The Kier molecular flexibility index (Phi) is 34.1. The minimum Gasteiger partial charge on any atom is -0.478 e. The predicted octanol–water partition coefficient (Wildman–Crippen LogP) is 11.5. The Labute approximate surface area is 303 Å². The number of carboxylic acids is 1. The Hall–Kier alpha value is -3.10. The van der Waals surface area contributed by atoms with Gasteiger partial charge in [0.2, 0.25) is 5.91 Å². The first-order chi connectivity index (χ1) is 23.8. The number of nitrogens with zero attached hydrogens (tertiary/aromatic N) is 1. The van der Waals surface area contributed by atoms with E-state index >= 15 is 0 Å². The summed E-state index contributed by atoms with van der Waals surface area (Å²) in [5, 5.41) is 11.7. The maximum Gasteiger partial charge on any atom is 0.335 e. The second-order valence-electron chi connectivity index (χ2n) is 13.1. The van der Waals surface area contributed by atoms with Crippen molar-refractivity contribution in [3.8, 4) is 12.8 Å². The van der Waals surface area contributed by atoms with E-state index in [9.17, 15) is 9.59 Å². The molecule has 1 aliphatic heterocycles. The van der Waals surface area contributed by atoms with Crippen molar-refractivity contribution < 1.29 is 14.7 Å². The molecule has 2 saturated carbocycles. The fourth-order valence-electron chi connectivity index (χ4n) is 5.05. The highest BCUT2D eigenvalue weighted by molar-refractivity contribution is 5.87. The van der Waals surface area contributed by atoms with Crippen molar-refractivity contribution in [1.82, 2.24) is 10.2 Å². The van der Waals surface area contributed by atoms with E-state index in [0.717, 1.165) is 31.5 Å². The van der Waals surface area contributed by atoms with E-state index in [1.165, 1.54) is 114 Å². The van der Waals surface area contributed by atoms with Gasteiger partial charge in [-0.1, -0.05) is 140 Å². The van der Waals surface area contributed by atoms with Gasteiger partial charge in [-0.2, -0.15) is 0 Å². The molecule has 0 unspecified atom stereocenters. The molecule has 3 aliphatic rings. The summed E-state index contributed by atoms with van der Waals surface area (Å²) in [6.07, 6.45) is 30.1. The average Bonchev–Trinajstić information content (AvgIpc) is 3.69. The number of terminal acetylenes is 1. The number of nitrogens with one attached hydrogen (secondary N) is 1. The Morgan fingerprint density at radius 2 is 1.22 bits per heavy atom. The highest BCUT2D eigenvalue weighted by Gasteiger charge is 2.25. The first kappa shape index (κ1) is 48.0. The monoisotopic (exact) mass is 679 g/mol. The smallest absolute Gasteiger partial charge is 0.335 e. The third-order valence-electron chi connectivity index (χ3n) is 8.84. The zero-order valence-corrected chi connectivity index (χ0v) is 32.7. The molecule has 2 aliphatic carbocycles. The van der Waals surface area contributed by atoms with Crippen LogP contribution in [-0.2, 0) is 11.2 Å². The van der Waals surface area contributed by atoms with E-state index in [4.69, 9.17) is 5.11 Å². The highest BCUT2D eigenvalue weighted by Crippen LogP contribution is 2.30. The van der Waals surface area contributed by atoms with E-state index in [-0.39, 0.29) is 0 Å². The van der Waals surface area contributed by atoms with Crippen LogP contribution in [0, 0.1) is 25.7 Å². The molecule has 49 heavy (non-hydrogen) atoms. The molecule has 3 fully saturated rings. The van der Waals surface area contributed by atoms with Crippen LogP contribution in [0.4, 0.5) is 0 Å². The molecule has 5 rings (SSSR count). The van der Waals surface area contributed by atoms with Crippen LogP contribution in [0.5, 0.6) is 0 Å². The van der Waals surface area contributed by atoms with Crippen LogP contribution in [0.1, 0.15) is 159 Å². The third kappa shape index (κ3) is 27.4. The van der Waals surface area contributed by atoms with E-state index in [2.05, 4.69) is 91.0 Å². The average molecular weight is 679 g/mol. The van der Waals surface area contributed by atoms with Crippen LogP contribution in [0.3, 0.4) is 0 Å². The lowest BCUT2D eigenvalue weighted by molar-refractivity contribution is -0.131. The normalized spacial score (nSPS) is 14.7. The van der Waals surface area contributed by atoms with Crippen molar-refractivity contribution in [2.45, 2.75) is 157 Å². The van der Waals surface area contributed by atoms with Crippen molar-refractivity contribution in [3.63, 3.8) is 0 Å². The topological polar surface area (TPSA) is 69.6 Å². The van der Waals surface area contributed by atoms with Gasteiger partial charge in [0.15, 0.2) is 0 Å². The molecule has 1 amide bonds. The molecule has 2 aromatic carbocycles. The van der Waals surface area contributed by atoms with E-state index < -0.39 is 5.97 Å². The number of hydrogen-bond donors (Lipinski definition) is 2. The molecular weight excluding hydrogens is 604 g/mol. The Morgan fingerprint density at radius 1 is 0.714 bits per heavy atom. The second kappa shape index (κ2) is 34.8. The summed E-state index contributed by atoms with van der Waals surface area (Å²) in [7, 11) is 2.07. The number of carbonyl (C=O) groups is 2. The van der Waals surface area contributed by atoms with Gasteiger partial charge in [-0.05, 0) is 82.5 Å². The summed E-state index contributed by atoms with van der Waals surface area (Å²) in [6, 6.07) is 17.9. The molecule has 1 heterocycles. The lowest BCUT2D eigenvalue weighted by Gasteiger charge is -2.26. The summed E-state index contributed by atoms with van der Waals surface area (Å²) in [6.45, 7) is 15.1. The van der Waals surface area contributed by atoms with Crippen LogP contribution < -0.4 is 5.32 Å². The summed E-state index contributed by atoms with van der Waals surface area (Å²) in [4.78, 5) is 23.8. The molecule has 0 aromatic heterocycles. The van der Waals surface area contributed by atoms with Crippen molar-refractivity contribution >= 4 is 11.9 Å². The first-order valence-electron chi connectivity index (χ1n) is 19.4. The minimum atomic E-state index is -0.879. The largest absolute Gasteiger partial charge is 0.478 e. The van der Waals surface area contributed by atoms with Crippen molar-refractivity contribution in [3.05, 3.63) is 71.3 Å². The molecule has 0 spiro atoms. The molecule has 5 nitrogen and oxygen atoms in total. The number of likely N-dealkylation sites (tertiary alicyclic amines) is 1. The van der Waals surface area contributed by atoms with Crippen molar-refractivity contribution in [2.24, 2.45) is 5.92 Å². The summed E-state index contributed by atoms with van der Waals surface area (Å²) in [5.41, 5.74) is 3.13. The van der Waals surface area contributed by atoms with Gasteiger partial charge >= 0.3 is 5.97 Å². The van der Waals surface area contributed by atoms with E-state index in [0.29, 0.717) is 11.5 Å². The SMILES string of the molecule is C#C.CCCC.CCCC.CCCc1ccc(C)cc1.CNC1CCCCC1.O=C(CC1CCC1)N1CCCC1.O=C(O)c1ccccc1. The van der Waals surface area contributed by atoms with Crippen LogP contribution in [0.15, 0.2) is 54.6 Å². The molecule has 1 saturated heterocycles. The number of hydrogen-bond acceptors (Lipinski definition) is 3. The number of amides is 1. The van der Waals surface area contributed by atoms with Gasteiger partial charge in [0.25, 0.3) is 0 Å². The highest BCUT2D eigenvalue weighted by atomic mass is 16.4. The number of unbranched alkanes of at least 4 members (excludes halogenated alkanes) is 2. The fraction of sp³-hybridized carbons (Fsp3) is 0.636. The summed E-state index contributed by atoms with van der Waals surface area (Å²) < 4.78 is 0. The van der Waals surface area contributed by atoms with Crippen molar-refractivity contribution in [1.29, 1.82) is 0 Å². The zero-order chi connectivity index (χ0) is 37.1. The lowest BCUT2D eigenvalue weighted by atomic mass is 9.83. The zero-order valence-electron chi connectivity index (χ0n) is 32.7. The number of carbonyl (C=O) groups excluding carboxylic acids is 1. The lowest BCUT2D eigenvalue weighted by Crippen LogP contribution is -2.30. The predicted molar refractivity (Wildman–Crippen MR) is 213 cm³/mol. The van der Waals surface area contributed by atoms with Gasteiger partial charge in [0.1, 0.15) is 0 Å². The quantitative estimate of drug-likeness (QED) is 0.273. The minimum absolute atomic E-state index is 0.331. The number of aromatic carboxylic acids is 1. The molecule has 0 atom stereocenters. The van der Waals surface area contributed by atoms with Gasteiger partial charge < -0.3 is 15.3 Å². The van der Waals surface area contributed by atoms with Gasteiger partial charge in [0.05, 0.1) is 5.56 Å². The van der Waals surface area contributed by atoms with Gasteiger partial charge in [-0.15, -0.1) is 12.8 Å². The molecule has 0 bridgehead atoms. The second-order valence-corrected chi connectivity index (χ2v) is 13.1. The van der Waals surface area contributed by atoms with Crippen molar-refractivity contribution in [2.75, 3.05) is 20.1 Å². The van der Waals surface area contributed by atoms with Crippen LogP contribution >= 0.6 is 0 Å². The molecule has 5 heteroatoms. The molecule has 0 radical (unpaired) electrons. The van der Waals surface area contributed by atoms with Crippen LogP contribution in [0.25, 0.3) is 0 Å². The Bertz CT molecular complexity index is 1010. The first-order valence-corrected chi connectivity index (χ1v) is 19.4. The number of aryl methyl sites for hydroxylation is 2. The number of benzene rings is 2. The maximum atomic E-state index is 11.6. The Balaban J connectivity index is 0. The van der Waals surface area contributed by atoms with E-state index in [1.54, 1.807) is 30.3 Å². The maximum absolute atomic E-state index is 11.6. The Morgan fingerprint density at radius 3 is 1.57 bits per heavy atom. The van der Waals surface area contributed by atoms with Crippen LogP contribution in [0.2, 0.25) is 0 Å². The van der Waals surface area contributed by atoms with Gasteiger partial charge in [-0.3, -0.25) is 4.79 Å². The summed E-state index contributed by atoms with van der Waals surface area (Å²) >= 11 is 0.